The summed E-state index contributed by atoms with van der Waals surface area (Å²) in [6, 6.07) is 78.4. The van der Waals surface area contributed by atoms with Gasteiger partial charge in [0.15, 0.2) is 8.07 Å². The van der Waals surface area contributed by atoms with Crippen LogP contribution in [0, 0.1) is 0 Å². The highest BCUT2D eigenvalue weighted by Crippen LogP contribution is 2.43. The molecular formula is C55H37NOSSi. The van der Waals surface area contributed by atoms with Crippen molar-refractivity contribution >= 4 is 79.6 Å². The van der Waals surface area contributed by atoms with Crippen molar-refractivity contribution in [3.05, 3.63) is 223 Å². The summed E-state index contributed by atoms with van der Waals surface area (Å²) in [6.45, 7) is 0. The van der Waals surface area contributed by atoms with Gasteiger partial charge in [-0.2, -0.15) is 0 Å². The monoisotopic (exact) mass is 787 g/mol. The van der Waals surface area contributed by atoms with Crippen molar-refractivity contribution in [3.8, 4) is 22.3 Å². The zero-order chi connectivity index (χ0) is 38.9. The van der Waals surface area contributed by atoms with E-state index in [0.717, 1.165) is 39.7 Å². The normalized spacial score (nSPS) is 13.4. The first-order valence-electron chi connectivity index (χ1n) is 20.3. The second-order valence-corrected chi connectivity index (χ2v) is 20.3. The van der Waals surface area contributed by atoms with Crippen molar-refractivity contribution in [2.24, 2.45) is 0 Å². The number of fused-ring (bicyclic) bond motifs is 11. The minimum Gasteiger partial charge on any atom is -0.456 e. The molecule has 278 valence electrons. The molecule has 0 bridgehead atoms. The Morgan fingerprint density at radius 3 is 1.76 bits per heavy atom. The maximum absolute atomic E-state index is 6.55. The Hall–Kier alpha value is -6.85. The maximum atomic E-state index is 6.55. The Morgan fingerprint density at radius 1 is 0.424 bits per heavy atom. The maximum Gasteiger partial charge on any atom is 0.182 e. The van der Waals surface area contributed by atoms with Crippen LogP contribution < -0.4 is 25.6 Å². The van der Waals surface area contributed by atoms with Crippen molar-refractivity contribution in [3.63, 3.8) is 0 Å². The van der Waals surface area contributed by atoms with Crippen LogP contribution in [0.1, 0.15) is 11.1 Å². The summed E-state index contributed by atoms with van der Waals surface area (Å²) in [6.07, 6.45) is 0.847. The first-order chi connectivity index (χ1) is 29.3. The molecule has 0 amide bonds. The summed E-state index contributed by atoms with van der Waals surface area (Å²) < 4.78 is 6.55. The highest BCUT2D eigenvalue weighted by molar-refractivity contribution is 8.00. The Labute approximate surface area is 349 Å². The third-order valence-corrected chi connectivity index (χ3v) is 19.0. The first-order valence-corrected chi connectivity index (χ1v) is 23.1. The molecule has 1 spiro atoms. The second kappa shape index (κ2) is 13.6. The van der Waals surface area contributed by atoms with Gasteiger partial charge in [-0.3, -0.25) is 0 Å². The molecule has 0 radical (unpaired) electrons. The third kappa shape index (κ3) is 5.27. The number of benzene rings is 9. The molecule has 0 saturated heterocycles. The van der Waals surface area contributed by atoms with Crippen LogP contribution in [-0.4, -0.2) is 8.07 Å². The van der Waals surface area contributed by atoms with Gasteiger partial charge in [0.1, 0.15) is 11.2 Å². The summed E-state index contributed by atoms with van der Waals surface area (Å²) in [7, 11) is -2.76. The van der Waals surface area contributed by atoms with Gasteiger partial charge in [0.25, 0.3) is 0 Å². The Balaban J connectivity index is 1.10. The van der Waals surface area contributed by atoms with E-state index in [9.17, 15) is 0 Å². The molecule has 12 rings (SSSR count). The molecule has 2 aliphatic rings. The number of furan rings is 1. The smallest absolute Gasteiger partial charge is 0.182 e. The molecule has 0 N–H and O–H groups in total. The highest BCUT2D eigenvalue weighted by atomic mass is 32.2. The van der Waals surface area contributed by atoms with Gasteiger partial charge in [0, 0.05) is 43.7 Å². The molecule has 9 aromatic carbocycles. The number of anilines is 3. The fourth-order valence-electron chi connectivity index (χ4n) is 9.95. The van der Waals surface area contributed by atoms with Crippen LogP contribution in [0.5, 0.6) is 0 Å². The summed E-state index contributed by atoms with van der Waals surface area (Å²) in [4.78, 5) is 5.21. The Bertz CT molecular complexity index is 3180. The number of para-hydroxylation sites is 1. The van der Waals surface area contributed by atoms with Gasteiger partial charge in [0.2, 0.25) is 0 Å². The van der Waals surface area contributed by atoms with E-state index in [1.54, 1.807) is 0 Å². The fraction of sp³-hybridized carbons (Fsp3) is 0.0182. The molecule has 0 unspecified atom stereocenters. The zero-order valence-electron chi connectivity index (χ0n) is 32.2. The van der Waals surface area contributed by atoms with Crippen LogP contribution in [-0.2, 0) is 6.42 Å². The van der Waals surface area contributed by atoms with Crippen LogP contribution in [0.4, 0.5) is 17.1 Å². The molecule has 59 heavy (non-hydrogen) atoms. The van der Waals surface area contributed by atoms with E-state index in [1.807, 2.05) is 17.8 Å². The van der Waals surface area contributed by atoms with Crippen LogP contribution >= 0.6 is 11.8 Å². The van der Waals surface area contributed by atoms with Crippen molar-refractivity contribution in [1.82, 2.24) is 0 Å². The van der Waals surface area contributed by atoms with Crippen LogP contribution in [0.25, 0.3) is 44.2 Å². The lowest BCUT2D eigenvalue weighted by molar-refractivity contribution is 0.669. The Morgan fingerprint density at radius 2 is 1.00 bits per heavy atom. The summed E-state index contributed by atoms with van der Waals surface area (Å²) in [5, 5.41) is 8.19. The second-order valence-electron chi connectivity index (χ2n) is 15.6. The van der Waals surface area contributed by atoms with Gasteiger partial charge >= 0.3 is 0 Å². The SMILES string of the molecule is c1ccc(-c2ccccc2-c2ccc(N(c3ccc4c(c3)oc3ccccc34)c3cccc4c3Cc3ccccc3[Si]43c4ccccc4Sc4ccccc43)cc2)cc1. The molecule has 0 aliphatic carbocycles. The van der Waals surface area contributed by atoms with Crippen LogP contribution in [0.3, 0.4) is 0 Å². The topological polar surface area (TPSA) is 16.4 Å². The molecule has 1 aromatic heterocycles. The van der Waals surface area contributed by atoms with Crippen LogP contribution in [0.15, 0.2) is 227 Å². The molecular weight excluding hydrogens is 751 g/mol. The minimum absolute atomic E-state index is 0.847. The minimum atomic E-state index is -2.76. The van der Waals surface area contributed by atoms with E-state index < -0.39 is 8.07 Å². The standard InChI is InChI=1S/C55H37NOSSi/c1-2-15-37(16-3-1)42-18-5-6-19-43(42)38-29-31-40(32-30-38)56(41-33-34-45-44-20-7-8-22-48(44)57-49(45)36-41)47-21-14-28-53-46(47)35-39-17-4-11-25-52(39)59(53)54-26-12-9-23-50(54)58-51-24-10-13-27-55(51)59/h1-34,36H,35H2. The van der Waals surface area contributed by atoms with E-state index in [1.165, 1.54) is 69.6 Å². The molecule has 2 nitrogen and oxygen atoms in total. The van der Waals surface area contributed by atoms with Gasteiger partial charge in [-0.05, 0) is 109 Å². The van der Waals surface area contributed by atoms with E-state index in [4.69, 9.17) is 4.42 Å². The van der Waals surface area contributed by atoms with Crippen molar-refractivity contribution < 1.29 is 4.42 Å². The van der Waals surface area contributed by atoms with Crippen LogP contribution in [0.2, 0.25) is 0 Å². The number of rotatable bonds is 5. The third-order valence-electron chi connectivity index (χ3n) is 12.5. The van der Waals surface area contributed by atoms with Crippen molar-refractivity contribution in [2.45, 2.75) is 16.2 Å². The number of nitrogens with zero attached hydrogens (tertiary/aromatic N) is 1. The lowest BCUT2D eigenvalue weighted by Crippen LogP contribution is -2.79. The first kappa shape index (κ1) is 34.2. The van der Waals surface area contributed by atoms with Crippen molar-refractivity contribution in [1.29, 1.82) is 0 Å². The zero-order valence-corrected chi connectivity index (χ0v) is 34.0. The van der Waals surface area contributed by atoms with Gasteiger partial charge in [-0.1, -0.05) is 169 Å². The number of hydrogen-bond acceptors (Lipinski definition) is 3. The lowest BCUT2D eigenvalue weighted by Gasteiger charge is -2.45. The van der Waals surface area contributed by atoms with Crippen molar-refractivity contribution in [2.75, 3.05) is 4.90 Å². The average Bonchev–Trinajstić information content (AvgIpc) is 3.68. The lowest BCUT2D eigenvalue weighted by atomic mass is 9.94. The van der Waals surface area contributed by atoms with E-state index in [0.29, 0.717) is 0 Å². The fourth-order valence-corrected chi connectivity index (χ4v) is 17.4. The predicted molar refractivity (Wildman–Crippen MR) is 250 cm³/mol. The van der Waals surface area contributed by atoms with E-state index in [2.05, 4.69) is 211 Å². The van der Waals surface area contributed by atoms with Gasteiger partial charge in [0.05, 0.1) is 0 Å². The number of hydrogen-bond donors (Lipinski definition) is 0. The van der Waals surface area contributed by atoms with Gasteiger partial charge < -0.3 is 9.32 Å². The molecule has 10 aromatic rings. The summed E-state index contributed by atoms with van der Waals surface area (Å²) in [5.74, 6) is 0. The van der Waals surface area contributed by atoms with E-state index >= 15 is 0 Å². The quantitative estimate of drug-likeness (QED) is 0.162. The predicted octanol–water partition coefficient (Wildman–Crippen LogP) is 12.1. The van der Waals surface area contributed by atoms with E-state index in [-0.39, 0.29) is 0 Å². The Kier molecular flexibility index (Phi) is 7.90. The highest BCUT2D eigenvalue weighted by Gasteiger charge is 2.51. The van der Waals surface area contributed by atoms with Gasteiger partial charge in [-0.25, -0.2) is 0 Å². The molecule has 3 heterocycles. The molecule has 4 heteroatoms. The molecule has 0 fully saturated rings. The molecule has 2 aliphatic heterocycles. The van der Waals surface area contributed by atoms with Gasteiger partial charge in [-0.15, -0.1) is 0 Å². The molecule has 0 atom stereocenters. The molecule has 0 saturated carbocycles. The summed E-state index contributed by atoms with van der Waals surface area (Å²) in [5.41, 5.74) is 12.8. The average molecular weight is 788 g/mol. The largest absolute Gasteiger partial charge is 0.456 e. The summed E-state index contributed by atoms with van der Waals surface area (Å²) >= 11 is 1.92.